The van der Waals surface area contributed by atoms with Crippen LogP contribution in [0.1, 0.15) is 42.6 Å². The molecule has 0 saturated heterocycles. The summed E-state index contributed by atoms with van der Waals surface area (Å²) in [6, 6.07) is 14.0. The van der Waals surface area contributed by atoms with Crippen LogP contribution in [0.4, 0.5) is 5.69 Å². The average molecular weight is 457 g/mol. The van der Waals surface area contributed by atoms with Crippen LogP contribution in [0.2, 0.25) is 0 Å². The third-order valence-electron chi connectivity index (χ3n) is 4.68. The Labute approximate surface area is 189 Å². The Kier molecular flexibility index (Phi) is 7.88. The van der Waals surface area contributed by atoms with E-state index in [2.05, 4.69) is 10.6 Å². The minimum atomic E-state index is -0.580. The van der Waals surface area contributed by atoms with E-state index in [4.69, 9.17) is 9.26 Å². The van der Waals surface area contributed by atoms with Gasteiger partial charge in [0.05, 0.1) is 17.4 Å². The van der Waals surface area contributed by atoms with Crippen molar-refractivity contribution in [1.29, 1.82) is 0 Å². The highest BCUT2D eigenvalue weighted by atomic mass is 32.2. The molecule has 1 heterocycles. The summed E-state index contributed by atoms with van der Waals surface area (Å²) >= 11 is 1.09. The Morgan fingerprint density at radius 2 is 1.84 bits per heavy atom. The Morgan fingerprint density at radius 1 is 1.16 bits per heavy atom. The number of carbonyl (C=O) groups excluding carboxylic acids is 2. The van der Waals surface area contributed by atoms with Gasteiger partial charge in [0, 0.05) is 17.8 Å². The Balaban J connectivity index is 1.63. The van der Waals surface area contributed by atoms with Gasteiger partial charge < -0.3 is 10.1 Å². The predicted octanol–water partition coefficient (Wildman–Crippen LogP) is 3.63. The van der Waals surface area contributed by atoms with Gasteiger partial charge in [-0.25, -0.2) is 9.59 Å². The minimum Gasteiger partial charge on any atom is -0.462 e. The summed E-state index contributed by atoms with van der Waals surface area (Å²) in [6.07, 6.45) is 1.77. The lowest BCUT2D eigenvalue weighted by atomic mass is 10.2. The quantitative estimate of drug-likeness (QED) is 0.220. The fraction of sp³-hybridized carbons (Fsp3) is 0.304. The van der Waals surface area contributed by atoms with Crippen LogP contribution in [-0.4, -0.2) is 29.0 Å². The second-order valence-corrected chi connectivity index (χ2v) is 8.60. The van der Waals surface area contributed by atoms with Crippen molar-refractivity contribution in [1.82, 2.24) is 5.27 Å². The first-order chi connectivity index (χ1) is 15.4. The molecule has 0 saturated carbocycles. The number of aromatic nitrogens is 2. The fourth-order valence-corrected chi connectivity index (χ4v) is 3.66. The Hall–Kier alpha value is -3.33. The lowest BCUT2D eigenvalue weighted by molar-refractivity contribution is -0.704. The van der Waals surface area contributed by atoms with Crippen molar-refractivity contribution in [3.05, 3.63) is 70.1 Å². The molecule has 1 amide bonds. The molecule has 2 aromatic carbocycles. The average Bonchev–Trinajstić information content (AvgIpc) is 3.15. The second kappa shape index (κ2) is 10.8. The monoisotopic (exact) mass is 456 g/mol. The molecule has 0 radical (unpaired) electrons. The molecule has 0 fully saturated rings. The third kappa shape index (κ3) is 5.88. The number of benzene rings is 2. The second-order valence-electron chi connectivity index (χ2n) is 7.27. The van der Waals surface area contributed by atoms with Crippen LogP contribution in [0.25, 0.3) is 5.69 Å². The standard InChI is InChI=1S/C23H25N3O5S/c1-4-5-14-30-22(28)17-8-10-18(11-9-17)24-20(27)16(3)32-21-23(29)31-25-26(21)19-12-6-15(2)7-13-19/h6-13,16H,4-5,14H2,1-3H3,(H-,24,25,27,28,29)/p+1. The van der Waals surface area contributed by atoms with E-state index in [9.17, 15) is 14.4 Å². The van der Waals surface area contributed by atoms with Crippen molar-refractivity contribution in [3.8, 4) is 5.69 Å². The molecule has 0 aliphatic carbocycles. The van der Waals surface area contributed by atoms with Crippen LogP contribution >= 0.6 is 11.8 Å². The molecule has 168 valence electrons. The van der Waals surface area contributed by atoms with Crippen molar-refractivity contribution in [2.45, 2.75) is 43.9 Å². The summed E-state index contributed by atoms with van der Waals surface area (Å²) in [6.45, 7) is 6.08. The number of hydrogen-bond donors (Lipinski definition) is 2. The zero-order chi connectivity index (χ0) is 23.1. The van der Waals surface area contributed by atoms with E-state index >= 15 is 0 Å². The maximum atomic E-state index is 12.7. The maximum absolute atomic E-state index is 12.7. The highest BCUT2D eigenvalue weighted by Gasteiger charge is 2.29. The molecule has 0 aliphatic heterocycles. The first-order valence-corrected chi connectivity index (χ1v) is 11.2. The highest BCUT2D eigenvalue weighted by Crippen LogP contribution is 2.20. The van der Waals surface area contributed by atoms with E-state index in [1.165, 1.54) is 4.68 Å². The topological polar surface area (TPSA) is 105 Å². The number of H-pyrrole nitrogens is 1. The van der Waals surface area contributed by atoms with E-state index in [1.54, 1.807) is 31.2 Å². The summed E-state index contributed by atoms with van der Waals surface area (Å²) in [5, 5.41) is 5.05. The molecular formula is C23H26N3O5S+. The SMILES string of the molecule is CCCCOC(=O)c1ccc(NC(=O)C(C)Sc2c(=O)o[nH][n+]2-c2ccc(C)cc2)cc1. The van der Waals surface area contributed by atoms with Crippen molar-refractivity contribution in [3.63, 3.8) is 0 Å². The van der Waals surface area contributed by atoms with Crippen LogP contribution in [0.3, 0.4) is 0 Å². The van der Waals surface area contributed by atoms with Gasteiger partial charge >= 0.3 is 16.6 Å². The van der Waals surface area contributed by atoms with E-state index < -0.39 is 10.9 Å². The van der Waals surface area contributed by atoms with Crippen LogP contribution in [-0.2, 0) is 9.53 Å². The smallest absolute Gasteiger partial charge is 0.442 e. The van der Waals surface area contributed by atoms with Gasteiger partial charge in [-0.3, -0.25) is 9.32 Å². The largest absolute Gasteiger partial charge is 0.462 e. The van der Waals surface area contributed by atoms with Gasteiger partial charge in [0.15, 0.2) is 0 Å². The normalized spacial score (nSPS) is 11.7. The number of rotatable bonds is 9. The molecule has 0 spiro atoms. The van der Waals surface area contributed by atoms with Gasteiger partial charge in [0.25, 0.3) is 0 Å². The third-order valence-corrected chi connectivity index (χ3v) is 5.82. The molecule has 1 aromatic heterocycles. The Bertz CT molecular complexity index is 1120. The lowest BCUT2D eigenvalue weighted by Crippen LogP contribution is -2.37. The summed E-state index contributed by atoms with van der Waals surface area (Å²) in [5.41, 5.74) is 2.21. The number of thioether (sulfide) groups is 1. The van der Waals surface area contributed by atoms with Crippen LogP contribution in [0.5, 0.6) is 0 Å². The van der Waals surface area contributed by atoms with E-state index in [0.717, 1.165) is 35.9 Å². The van der Waals surface area contributed by atoms with E-state index in [1.807, 2.05) is 38.1 Å². The first-order valence-electron chi connectivity index (χ1n) is 10.3. The number of unbranched alkanes of at least 4 members (excludes halogenated alkanes) is 1. The van der Waals surface area contributed by atoms with Crippen molar-refractivity contribution >= 4 is 29.3 Å². The maximum Gasteiger partial charge on any atom is 0.442 e. The van der Waals surface area contributed by atoms with Gasteiger partial charge in [-0.05, 0) is 66.2 Å². The van der Waals surface area contributed by atoms with Crippen molar-refractivity contribution < 1.29 is 23.5 Å². The first kappa shape index (κ1) is 23.3. The Morgan fingerprint density at radius 3 is 2.50 bits per heavy atom. The number of nitrogens with one attached hydrogen (secondary N) is 2. The summed E-state index contributed by atoms with van der Waals surface area (Å²) in [7, 11) is 0. The minimum absolute atomic E-state index is 0.265. The lowest BCUT2D eigenvalue weighted by Gasteiger charge is -2.10. The molecule has 1 atom stereocenters. The zero-order valence-corrected chi connectivity index (χ0v) is 19.0. The summed E-state index contributed by atoms with van der Waals surface area (Å²) in [5.74, 6) is -0.676. The summed E-state index contributed by atoms with van der Waals surface area (Å²) < 4.78 is 11.6. The molecule has 9 heteroatoms. The molecule has 1 unspecified atom stereocenters. The number of amides is 1. The van der Waals surface area contributed by atoms with Crippen LogP contribution in [0, 0.1) is 6.92 Å². The number of esters is 1. The van der Waals surface area contributed by atoms with E-state index in [0.29, 0.717) is 17.9 Å². The van der Waals surface area contributed by atoms with Gasteiger partial charge in [-0.2, -0.15) is 0 Å². The molecule has 8 nitrogen and oxygen atoms in total. The number of hydrogen-bond acceptors (Lipinski definition) is 6. The number of aromatic amines is 1. The predicted molar refractivity (Wildman–Crippen MR) is 121 cm³/mol. The molecule has 0 bridgehead atoms. The summed E-state index contributed by atoms with van der Waals surface area (Å²) in [4.78, 5) is 36.8. The number of ether oxygens (including phenoxy) is 1. The van der Waals surface area contributed by atoms with Gasteiger partial charge in [0.1, 0.15) is 0 Å². The fourth-order valence-electron chi connectivity index (χ4n) is 2.78. The molecule has 32 heavy (non-hydrogen) atoms. The number of nitrogens with zero attached hydrogens (tertiary/aromatic N) is 1. The van der Waals surface area contributed by atoms with Crippen LogP contribution < -0.4 is 15.6 Å². The van der Waals surface area contributed by atoms with Crippen LogP contribution in [0.15, 0.2) is 62.9 Å². The van der Waals surface area contributed by atoms with Crippen molar-refractivity contribution in [2.75, 3.05) is 11.9 Å². The van der Waals surface area contributed by atoms with Crippen molar-refractivity contribution in [2.24, 2.45) is 0 Å². The zero-order valence-electron chi connectivity index (χ0n) is 18.2. The number of aryl methyl sites for hydroxylation is 1. The molecular weight excluding hydrogens is 430 g/mol. The highest BCUT2D eigenvalue weighted by molar-refractivity contribution is 8.00. The van der Waals surface area contributed by atoms with Gasteiger partial charge in [-0.15, -0.1) is 0 Å². The van der Waals surface area contributed by atoms with Gasteiger partial charge in [-0.1, -0.05) is 31.0 Å². The molecule has 3 rings (SSSR count). The number of carbonyl (C=O) groups is 2. The molecule has 0 aliphatic rings. The van der Waals surface area contributed by atoms with Gasteiger partial charge in [0.2, 0.25) is 11.6 Å². The number of anilines is 1. The molecule has 3 aromatic rings. The molecule has 2 N–H and O–H groups in total. The van der Waals surface area contributed by atoms with E-state index in [-0.39, 0.29) is 16.9 Å².